The van der Waals surface area contributed by atoms with Crippen LogP contribution >= 0.6 is 11.3 Å². The molecule has 6 nitrogen and oxygen atoms in total. The molecule has 0 N–H and O–H groups in total. The molecule has 0 aliphatic carbocycles. The number of fused-ring (bicyclic) bond motifs is 2. The Labute approximate surface area is 173 Å². The van der Waals surface area contributed by atoms with Crippen molar-refractivity contribution in [3.05, 3.63) is 47.5 Å². The topological polar surface area (TPSA) is 54.9 Å². The molecule has 156 valence electrons. The SMILES string of the molecule is O=C(c1ccc2c(c1)OCO2)N1CCN(c2nc3c(C(F)(F)F)cccc3s2)CC1. The van der Waals surface area contributed by atoms with Gasteiger partial charge in [0.05, 0.1) is 15.8 Å². The van der Waals surface area contributed by atoms with Crippen molar-refractivity contribution in [3.8, 4) is 11.5 Å². The Morgan fingerprint density at radius 2 is 1.80 bits per heavy atom. The normalized spacial score (nSPS) is 16.4. The van der Waals surface area contributed by atoms with E-state index in [1.54, 1.807) is 29.2 Å². The summed E-state index contributed by atoms with van der Waals surface area (Å²) in [6, 6.07) is 9.18. The van der Waals surface area contributed by atoms with E-state index in [1.807, 2.05) is 4.90 Å². The Balaban J connectivity index is 1.31. The van der Waals surface area contributed by atoms with Gasteiger partial charge in [0.25, 0.3) is 5.91 Å². The quantitative estimate of drug-likeness (QED) is 0.609. The molecule has 0 saturated carbocycles. The molecular formula is C20H16F3N3O3S. The molecule has 10 heteroatoms. The van der Waals surface area contributed by atoms with Crippen molar-refractivity contribution in [1.82, 2.24) is 9.88 Å². The molecule has 0 spiro atoms. The van der Waals surface area contributed by atoms with Gasteiger partial charge in [-0.15, -0.1) is 0 Å². The van der Waals surface area contributed by atoms with Crippen molar-refractivity contribution < 1.29 is 27.4 Å². The zero-order valence-corrected chi connectivity index (χ0v) is 16.4. The fourth-order valence-electron chi connectivity index (χ4n) is 3.61. The third kappa shape index (κ3) is 3.30. The molecule has 3 aromatic rings. The van der Waals surface area contributed by atoms with Crippen LogP contribution in [0.4, 0.5) is 18.3 Å². The van der Waals surface area contributed by atoms with Crippen molar-refractivity contribution in [3.63, 3.8) is 0 Å². The van der Waals surface area contributed by atoms with Gasteiger partial charge < -0.3 is 19.3 Å². The van der Waals surface area contributed by atoms with E-state index in [0.717, 1.165) is 6.07 Å². The van der Waals surface area contributed by atoms with Crippen molar-refractivity contribution in [2.24, 2.45) is 0 Å². The Kier molecular flexibility index (Phi) is 4.46. The van der Waals surface area contributed by atoms with E-state index in [-0.39, 0.29) is 18.2 Å². The molecule has 2 aromatic carbocycles. The van der Waals surface area contributed by atoms with E-state index in [1.165, 1.54) is 17.4 Å². The number of rotatable bonds is 2. The minimum atomic E-state index is -4.44. The Hall–Kier alpha value is -3.01. The molecule has 1 saturated heterocycles. The van der Waals surface area contributed by atoms with Gasteiger partial charge in [-0.2, -0.15) is 13.2 Å². The first-order valence-electron chi connectivity index (χ1n) is 9.31. The maximum Gasteiger partial charge on any atom is 0.418 e. The van der Waals surface area contributed by atoms with E-state index in [9.17, 15) is 18.0 Å². The van der Waals surface area contributed by atoms with Gasteiger partial charge in [0.2, 0.25) is 6.79 Å². The molecule has 30 heavy (non-hydrogen) atoms. The number of anilines is 1. The van der Waals surface area contributed by atoms with Gasteiger partial charge in [-0.05, 0) is 30.3 Å². The zero-order chi connectivity index (χ0) is 20.9. The summed E-state index contributed by atoms with van der Waals surface area (Å²) in [7, 11) is 0. The molecule has 0 unspecified atom stereocenters. The average molecular weight is 435 g/mol. The summed E-state index contributed by atoms with van der Waals surface area (Å²) in [6.07, 6.45) is -4.44. The number of piperazine rings is 1. The van der Waals surface area contributed by atoms with E-state index < -0.39 is 11.7 Å². The summed E-state index contributed by atoms with van der Waals surface area (Å²) in [5.74, 6) is 1.05. The molecule has 1 aromatic heterocycles. The third-order valence-corrected chi connectivity index (χ3v) is 6.25. The second kappa shape index (κ2) is 7.05. The standard InChI is InChI=1S/C20H16F3N3O3S/c21-20(22,23)13-2-1-3-16-17(13)24-19(30-16)26-8-6-25(7-9-26)18(27)12-4-5-14-15(10-12)29-11-28-14/h1-5,10H,6-9,11H2. The minimum absolute atomic E-state index is 0.0242. The highest BCUT2D eigenvalue weighted by Crippen LogP contribution is 2.38. The summed E-state index contributed by atoms with van der Waals surface area (Å²) in [5.41, 5.74) is -0.231. The number of hydrogen-bond acceptors (Lipinski definition) is 6. The van der Waals surface area contributed by atoms with Crippen LogP contribution in [0.5, 0.6) is 11.5 Å². The number of thiazole rings is 1. The van der Waals surface area contributed by atoms with Crippen LogP contribution in [0.3, 0.4) is 0 Å². The number of benzene rings is 2. The highest BCUT2D eigenvalue weighted by molar-refractivity contribution is 7.22. The van der Waals surface area contributed by atoms with Crippen molar-refractivity contribution in [2.75, 3.05) is 37.9 Å². The van der Waals surface area contributed by atoms with Crippen LogP contribution < -0.4 is 14.4 Å². The lowest BCUT2D eigenvalue weighted by Crippen LogP contribution is -2.48. The summed E-state index contributed by atoms with van der Waals surface area (Å²) < 4.78 is 50.8. The van der Waals surface area contributed by atoms with Crippen molar-refractivity contribution in [1.29, 1.82) is 0 Å². The van der Waals surface area contributed by atoms with Crippen LogP contribution in [0.15, 0.2) is 36.4 Å². The molecule has 0 bridgehead atoms. The van der Waals surface area contributed by atoms with E-state index in [2.05, 4.69) is 4.98 Å². The Morgan fingerprint density at radius 1 is 1.03 bits per heavy atom. The number of hydrogen-bond donors (Lipinski definition) is 0. The molecule has 2 aliphatic heterocycles. The Bertz CT molecular complexity index is 1120. The van der Waals surface area contributed by atoms with Crippen LogP contribution in [-0.2, 0) is 6.18 Å². The number of ether oxygens (including phenoxy) is 2. The van der Waals surface area contributed by atoms with Crippen LogP contribution in [0.25, 0.3) is 10.2 Å². The van der Waals surface area contributed by atoms with Gasteiger partial charge in [-0.3, -0.25) is 4.79 Å². The van der Waals surface area contributed by atoms with Gasteiger partial charge >= 0.3 is 6.18 Å². The number of aromatic nitrogens is 1. The van der Waals surface area contributed by atoms with Gasteiger partial charge in [0.15, 0.2) is 16.6 Å². The summed E-state index contributed by atoms with van der Waals surface area (Å²) >= 11 is 1.23. The summed E-state index contributed by atoms with van der Waals surface area (Å²) in [5, 5.41) is 0.539. The number of nitrogens with zero attached hydrogens (tertiary/aromatic N) is 3. The molecule has 1 amide bonds. The average Bonchev–Trinajstić information content (AvgIpc) is 3.38. The molecule has 2 aliphatic rings. The number of para-hydroxylation sites is 1. The predicted molar refractivity (Wildman–Crippen MR) is 105 cm³/mol. The number of carbonyl (C=O) groups excluding carboxylic acids is 1. The second-order valence-corrected chi connectivity index (χ2v) is 8.00. The second-order valence-electron chi connectivity index (χ2n) is 6.99. The number of halogens is 3. The molecule has 5 rings (SSSR count). The minimum Gasteiger partial charge on any atom is -0.454 e. The highest BCUT2D eigenvalue weighted by atomic mass is 32.1. The maximum atomic E-state index is 13.2. The van der Waals surface area contributed by atoms with Gasteiger partial charge in [-0.25, -0.2) is 4.98 Å². The zero-order valence-electron chi connectivity index (χ0n) is 15.6. The molecular weight excluding hydrogens is 419 g/mol. The number of alkyl halides is 3. The number of carbonyl (C=O) groups is 1. The lowest BCUT2D eigenvalue weighted by Gasteiger charge is -2.34. The fourth-order valence-corrected chi connectivity index (χ4v) is 4.66. The van der Waals surface area contributed by atoms with Crippen LogP contribution in [0.2, 0.25) is 0 Å². The molecule has 1 fully saturated rings. The molecule has 0 radical (unpaired) electrons. The fraction of sp³-hybridized carbons (Fsp3) is 0.300. The van der Waals surface area contributed by atoms with Crippen molar-refractivity contribution >= 4 is 32.6 Å². The highest BCUT2D eigenvalue weighted by Gasteiger charge is 2.34. The van der Waals surface area contributed by atoms with E-state index in [4.69, 9.17) is 9.47 Å². The predicted octanol–water partition coefficient (Wildman–Crippen LogP) is 4.01. The summed E-state index contributed by atoms with van der Waals surface area (Å²) in [6.45, 7) is 2.05. The van der Waals surface area contributed by atoms with Gasteiger partial charge in [0.1, 0.15) is 0 Å². The van der Waals surface area contributed by atoms with E-state index in [0.29, 0.717) is 53.1 Å². The Morgan fingerprint density at radius 3 is 2.57 bits per heavy atom. The lowest BCUT2D eigenvalue weighted by molar-refractivity contribution is -0.136. The van der Waals surface area contributed by atoms with Crippen LogP contribution in [0.1, 0.15) is 15.9 Å². The molecule has 3 heterocycles. The lowest BCUT2D eigenvalue weighted by atomic mass is 10.1. The first-order chi connectivity index (χ1) is 14.4. The monoisotopic (exact) mass is 435 g/mol. The van der Waals surface area contributed by atoms with Crippen LogP contribution in [0, 0.1) is 0 Å². The van der Waals surface area contributed by atoms with E-state index >= 15 is 0 Å². The molecule has 0 atom stereocenters. The largest absolute Gasteiger partial charge is 0.454 e. The third-order valence-electron chi connectivity index (χ3n) is 5.17. The summed E-state index contributed by atoms with van der Waals surface area (Å²) in [4.78, 5) is 20.7. The first kappa shape index (κ1) is 19.0. The van der Waals surface area contributed by atoms with Crippen molar-refractivity contribution in [2.45, 2.75) is 6.18 Å². The van der Waals surface area contributed by atoms with Gasteiger partial charge in [0, 0.05) is 31.7 Å². The smallest absolute Gasteiger partial charge is 0.418 e. The van der Waals surface area contributed by atoms with Crippen LogP contribution in [-0.4, -0.2) is 48.8 Å². The maximum absolute atomic E-state index is 13.2. The first-order valence-corrected chi connectivity index (χ1v) is 10.1. The van der Waals surface area contributed by atoms with Gasteiger partial charge in [-0.1, -0.05) is 17.4 Å². The number of amides is 1.